The molecule has 0 atom stereocenters. The van der Waals surface area contributed by atoms with Gasteiger partial charge in [-0.05, 0) is 44.2 Å². The second-order valence-electron chi connectivity index (χ2n) is 7.21. The lowest BCUT2D eigenvalue weighted by Crippen LogP contribution is -2.50. The molecule has 2 N–H and O–H groups in total. The third-order valence-electron chi connectivity index (χ3n) is 5.44. The number of piperidine rings is 1. The second kappa shape index (κ2) is 13.3. The molecular formula is C21H33ClFIN4O. The number of carbonyl (C=O) groups is 1. The monoisotopic (exact) mass is 538 g/mol. The molecule has 29 heavy (non-hydrogen) atoms. The molecule has 1 saturated heterocycles. The Hall–Kier alpha value is -1.09. The zero-order valence-corrected chi connectivity index (χ0v) is 20.6. The van der Waals surface area contributed by atoms with E-state index in [2.05, 4.69) is 29.5 Å². The van der Waals surface area contributed by atoms with Gasteiger partial charge < -0.3 is 15.5 Å². The molecule has 0 unspecified atom stereocenters. The van der Waals surface area contributed by atoms with E-state index in [1.54, 1.807) is 19.2 Å². The molecule has 1 aromatic rings. The van der Waals surface area contributed by atoms with Gasteiger partial charge in [-0.15, -0.1) is 24.0 Å². The minimum atomic E-state index is -0.285. The van der Waals surface area contributed by atoms with Crippen LogP contribution in [0.3, 0.4) is 0 Å². The van der Waals surface area contributed by atoms with E-state index < -0.39 is 0 Å². The molecule has 1 aromatic carbocycles. The summed E-state index contributed by atoms with van der Waals surface area (Å²) < 4.78 is 13.8. The van der Waals surface area contributed by atoms with Crippen LogP contribution in [0.2, 0.25) is 5.02 Å². The van der Waals surface area contributed by atoms with Gasteiger partial charge >= 0.3 is 0 Å². The first-order valence-electron chi connectivity index (χ1n) is 10.2. The summed E-state index contributed by atoms with van der Waals surface area (Å²) in [6, 6.07) is 5.00. The average molecular weight is 539 g/mol. The van der Waals surface area contributed by atoms with Crippen LogP contribution in [0.25, 0.3) is 0 Å². The lowest BCUT2D eigenvalue weighted by atomic mass is 9.98. The highest BCUT2D eigenvalue weighted by molar-refractivity contribution is 14.0. The van der Waals surface area contributed by atoms with Crippen LogP contribution in [0.1, 0.15) is 45.1 Å². The third kappa shape index (κ3) is 7.59. The molecule has 1 amide bonds. The fourth-order valence-corrected chi connectivity index (χ4v) is 3.86. The Morgan fingerprint density at radius 3 is 2.52 bits per heavy atom. The molecule has 2 rings (SSSR count). The summed E-state index contributed by atoms with van der Waals surface area (Å²) in [7, 11) is 1.72. The highest BCUT2D eigenvalue weighted by Crippen LogP contribution is 2.19. The van der Waals surface area contributed by atoms with E-state index in [9.17, 15) is 9.18 Å². The van der Waals surface area contributed by atoms with Crippen LogP contribution in [0.5, 0.6) is 0 Å². The minimum Gasteiger partial charge on any atom is -0.356 e. The van der Waals surface area contributed by atoms with Crippen molar-refractivity contribution in [3.05, 3.63) is 34.6 Å². The molecule has 0 saturated carbocycles. The number of guanidine groups is 1. The first-order chi connectivity index (χ1) is 13.5. The number of amides is 1. The summed E-state index contributed by atoms with van der Waals surface area (Å²) in [5.41, 5.74) is 0.514. The maximum Gasteiger partial charge on any atom is 0.225 e. The molecule has 1 heterocycles. The van der Waals surface area contributed by atoms with Crippen LogP contribution >= 0.6 is 35.6 Å². The number of carbonyl (C=O) groups excluding carboxylic acids is 1. The van der Waals surface area contributed by atoms with E-state index in [4.69, 9.17) is 11.6 Å². The Bertz CT molecular complexity index is 656. The summed E-state index contributed by atoms with van der Waals surface area (Å²) in [6.07, 6.45) is 4.07. The molecule has 0 bridgehead atoms. The van der Waals surface area contributed by atoms with Crippen LogP contribution in [0.4, 0.5) is 4.39 Å². The number of hydrogen-bond donors (Lipinski definition) is 2. The van der Waals surface area contributed by atoms with Crippen molar-refractivity contribution in [3.8, 4) is 0 Å². The van der Waals surface area contributed by atoms with Gasteiger partial charge in [0, 0.05) is 49.2 Å². The Labute approximate surface area is 195 Å². The van der Waals surface area contributed by atoms with E-state index in [0.717, 1.165) is 38.8 Å². The fraction of sp³-hybridized carbons (Fsp3) is 0.619. The van der Waals surface area contributed by atoms with Crippen molar-refractivity contribution >= 4 is 47.4 Å². The van der Waals surface area contributed by atoms with Gasteiger partial charge in [-0.25, -0.2) is 4.39 Å². The first-order valence-corrected chi connectivity index (χ1v) is 10.6. The molecule has 8 heteroatoms. The van der Waals surface area contributed by atoms with Gasteiger partial charge in [0.1, 0.15) is 5.82 Å². The van der Waals surface area contributed by atoms with Crippen molar-refractivity contribution in [2.75, 3.05) is 26.7 Å². The number of hydrogen-bond acceptors (Lipinski definition) is 2. The molecule has 1 aliphatic heterocycles. The van der Waals surface area contributed by atoms with E-state index in [0.29, 0.717) is 29.5 Å². The normalized spacial score (nSPS) is 15.2. The van der Waals surface area contributed by atoms with Crippen LogP contribution < -0.4 is 10.6 Å². The molecule has 0 radical (unpaired) electrons. The molecule has 0 aromatic heterocycles. The number of benzene rings is 1. The van der Waals surface area contributed by atoms with Gasteiger partial charge in [0.25, 0.3) is 0 Å². The zero-order valence-electron chi connectivity index (χ0n) is 17.5. The highest BCUT2D eigenvalue weighted by Gasteiger charge is 2.26. The van der Waals surface area contributed by atoms with Crippen LogP contribution in [0.15, 0.2) is 23.2 Å². The smallest absolute Gasteiger partial charge is 0.225 e. The van der Waals surface area contributed by atoms with Gasteiger partial charge in [-0.3, -0.25) is 9.79 Å². The molecular weight excluding hydrogens is 506 g/mol. The maximum atomic E-state index is 13.8. The fourth-order valence-electron chi connectivity index (χ4n) is 3.61. The summed E-state index contributed by atoms with van der Waals surface area (Å²) in [4.78, 5) is 18.8. The van der Waals surface area contributed by atoms with Crippen LogP contribution in [0, 0.1) is 11.7 Å². The van der Waals surface area contributed by atoms with Gasteiger partial charge in [-0.1, -0.05) is 31.5 Å². The Morgan fingerprint density at radius 1 is 1.31 bits per heavy atom. The zero-order chi connectivity index (χ0) is 20.5. The number of aliphatic imine (C=N–C) groups is 1. The number of nitrogens with one attached hydrogen (secondary N) is 2. The van der Waals surface area contributed by atoms with Crippen molar-refractivity contribution in [2.24, 2.45) is 10.9 Å². The Morgan fingerprint density at radius 2 is 1.97 bits per heavy atom. The second-order valence-corrected chi connectivity index (χ2v) is 7.61. The standard InChI is InChI=1S/C21H32ClFN4O.HI/c1-4-15(5-2)20(28)27-13-10-16(11-14-27)26-21(24-3)25-12-9-17-18(22)7-6-8-19(17)23;/h6-8,15-16H,4-5,9-14H2,1-3H3,(H2,24,25,26);1H. The van der Waals surface area contributed by atoms with E-state index in [1.165, 1.54) is 6.07 Å². The lowest BCUT2D eigenvalue weighted by molar-refractivity contribution is -0.136. The highest BCUT2D eigenvalue weighted by atomic mass is 127. The summed E-state index contributed by atoms with van der Waals surface area (Å²) >= 11 is 6.07. The minimum absolute atomic E-state index is 0. The van der Waals surface area contributed by atoms with Crippen molar-refractivity contribution < 1.29 is 9.18 Å². The van der Waals surface area contributed by atoms with Crippen LogP contribution in [-0.4, -0.2) is 49.5 Å². The quantitative estimate of drug-likeness (QED) is 0.310. The summed E-state index contributed by atoms with van der Waals surface area (Å²) in [5.74, 6) is 0.834. The largest absolute Gasteiger partial charge is 0.356 e. The number of rotatable bonds is 7. The predicted molar refractivity (Wildman–Crippen MR) is 129 cm³/mol. The molecule has 164 valence electrons. The van der Waals surface area contributed by atoms with Gasteiger partial charge in [0.05, 0.1) is 0 Å². The summed E-state index contributed by atoms with van der Waals surface area (Å²) in [5, 5.41) is 7.08. The van der Waals surface area contributed by atoms with E-state index >= 15 is 0 Å². The van der Waals surface area contributed by atoms with E-state index in [-0.39, 0.29) is 47.7 Å². The van der Waals surface area contributed by atoms with Gasteiger partial charge in [0.2, 0.25) is 5.91 Å². The third-order valence-corrected chi connectivity index (χ3v) is 5.79. The number of nitrogens with zero attached hydrogens (tertiary/aromatic N) is 2. The molecule has 0 spiro atoms. The average Bonchev–Trinajstić information content (AvgIpc) is 2.70. The van der Waals surface area contributed by atoms with Crippen molar-refractivity contribution in [1.82, 2.24) is 15.5 Å². The maximum absolute atomic E-state index is 13.8. The Balaban J connectivity index is 0.00000420. The number of halogens is 3. The first kappa shape index (κ1) is 25.9. The summed E-state index contributed by atoms with van der Waals surface area (Å²) in [6.45, 7) is 6.23. The molecule has 1 fully saturated rings. The van der Waals surface area contributed by atoms with Gasteiger partial charge in [0.15, 0.2) is 5.96 Å². The molecule has 0 aliphatic carbocycles. The van der Waals surface area contributed by atoms with E-state index in [1.807, 2.05) is 4.90 Å². The molecule has 1 aliphatic rings. The SMILES string of the molecule is CCC(CC)C(=O)N1CCC(NC(=NC)NCCc2c(F)cccc2Cl)CC1.I. The van der Waals surface area contributed by atoms with Crippen molar-refractivity contribution in [2.45, 2.75) is 52.0 Å². The van der Waals surface area contributed by atoms with Gasteiger partial charge in [-0.2, -0.15) is 0 Å². The number of likely N-dealkylation sites (tertiary alicyclic amines) is 1. The predicted octanol–water partition coefficient (Wildman–Crippen LogP) is 4.23. The Kier molecular flexibility index (Phi) is 11.9. The topological polar surface area (TPSA) is 56.7 Å². The lowest BCUT2D eigenvalue weighted by Gasteiger charge is -2.34. The van der Waals surface area contributed by atoms with Crippen molar-refractivity contribution in [3.63, 3.8) is 0 Å². The van der Waals surface area contributed by atoms with Crippen LogP contribution in [-0.2, 0) is 11.2 Å². The molecule has 5 nitrogen and oxygen atoms in total. The van der Waals surface area contributed by atoms with Crippen molar-refractivity contribution in [1.29, 1.82) is 0 Å².